The third-order valence-electron chi connectivity index (χ3n) is 1.08. The molecule has 62 valence electrons. The Morgan fingerprint density at radius 3 is 2.73 bits per heavy atom. The van der Waals surface area contributed by atoms with Gasteiger partial charge in [-0.1, -0.05) is 0 Å². The highest BCUT2D eigenvalue weighted by molar-refractivity contribution is 9.11. The van der Waals surface area contributed by atoms with Gasteiger partial charge in [-0.3, -0.25) is 0 Å². The van der Waals surface area contributed by atoms with E-state index in [0.717, 1.165) is 5.41 Å². The Bertz CT molecular complexity index is 317. The molecule has 1 heterocycles. The predicted octanol–water partition coefficient (Wildman–Crippen LogP) is 1.37. The highest BCUT2D eigenvalue weighted by atomic mass is 79.9. The van der Waals surface area contributed by atoms with Gasteiger partial charge in [0.25, 0.3) is 0 Å². The number of sulfone groups is 1. The fourth-order valence-electron chi connectivity index (χ4n) is 0.643. The molecule has 0 saturated carbocycles. The monoisotopic (exact) mass is 255 g/mol. The Morgan fingerprint density at radius 2 is 2.36 bits per heavy atom. The predicted molar refractivity (Wildman–Crippen MR) is 51.7 cm³/mol. The molecule has 0 N–H and O–H groups in total. The van der Waals surface area contributed by atoms with Crippen LogP contribution in [0, 0.1) is 0 Å². The van der Waals surface area contributed by atoms with Gasteiger partial charge in [0.2, 0.25) is 9.84 Å². The van der Waals surface area contributed by atoms with E-state index in [1.165, 1.54) is 11.8 Å². The summed E-state index contributed by atoms with van der Waals surface area (Å²) in [5.41, 5.74) is 0. The summed E-state index contributed by atoms with van der Waals surface area (Å²) < 4.78 is 22.6. The first-order valence-electron chi connectivity index (χ1n) is 2.75. The van der Waals surface area contributed by atoms with E-state index >= 15 is 0 Å². The minimum Gasteiger partial charge on any atom is -0.232 e. The average Bonchev–Trinajstić information content (AvgIpc) is 2.07. The van der Waals surface area contributed by atoms with Crippen molar-refractivity contribution in [1.29, 1.82) is 0 Å². The molecule has 0 unspecified atom stereocenters. The summed E-state index contributed by atoms with van der Waals surface area (Å²) in [6.07, 6.45) is 1.84. The molecule has 11 heavy (non-hydrogen) atoms. The molecule has 6 heteroatoms. The second-order valence-corrected chi connectivity index (χ2v) is 5.40. The highest BCUT2D eigenvalue weighted by Crippen LogP contribution is 2.20. The second kappa shape index (κ2) is 3.28. The molecule has 1 aliphatic heterocycles. The summed E-state index contributed by atoms with van der Waals surface area (Å²) in [5.74, 6) is 0.438. The van der Waals surface area contributed by atoms with Gasteiger partial charge in [0.15, 0.2) is 0 Å². The first kappa shape index (κ1) is 9.28. The van der Waals surface area contributed by atoms with E-state index < -0.39 is 9.84 Å². The number of rotatable bonds is 2. The smallest absolute Gasteiger partial charge is 0.216 e. The Kier molecular flexibility index (Phi) is 2.77. The van der Waals surface area contributed by atoms with Crippen molar-refractivity contribution >= 4 is 42.6 Å². The van der Waals surface area contributed by atoms with Crippen molar-refractivity contribution < 1.29 is 8.42 Å². The molecule has 0 amide bonds. The normalized spacial score (nSPS) is 21.3. The van der Waals surface area contributed by atoms with Crippen molar-refractivity contribution in [1.82, 2.24) is 0 Å². The lowest BCUT2D eigenvalue weighted by molar-refractivity contribution is 0.615. The second-order valence-electron chi connectivity index (χ2n) is 1.92. The molecule has 0 saturated heterocycles. The van der Waals surface area contributed by atoms with E-state index in [1.54, 1.807) is 0 Å². The minimum absolute atomic E-state index is 0.233. The van der Waals surface area contributed by atoms with Gasteiger partial charge in [-0.05, 0) is 22.2 Å². The van der Waals surface area contributed by atoms with Crippen molar-refractivity contribution in [2.45, 2.75) is 0 Å². The van der Waals surface area contributed by atoms with Gasteiger partial charge in [0.1, 0.15) is 9.65 Å². The molecule has 0 radical (unpaired) electrons. The van der Waals surface area contributed by atoms with E-state index in [-0.39, 0.29) is 5.04 Å². The Hall–Kier alpha value is 0.190. The minimum atomic E-state index is -3.18. The zero-order valence-corrected chi connectivity index (χ0v) is 8.96. The fraction of sp³-hybridized carbons (Fsp3) is 0.400. The van der Waals surface area contributed by atoms with Crippen LogP contribution in [0.2, 0.25) is 0 Å². The van der Waals surface area contributed by atoms with E-state index in [0.29, 0.717) is 10.4 Å². The van der Waals surface area contributed by atoms with Crippen LogP contribution in [0.1, 0.15) is 0 Å². The summed E-state index contributed by atoms with van der Waals surface area (Å²) >= 11 is 4.45. The number of hydrogen-bond donors (Lipinski definition) is 0. The topological polar surface area (TPSA) is 46.5 Å². The van der Waals surface area contributed by atoms with E-state index in [4.69, 9.17) is 0 Å². The first-order chi connectivity index (χ1) is 5.06. The number of halogens is 1. The molecule has 0 spiro atoms. The number of thioether (sulfide) groups is 1. The molecule has 0 bridgehead atoms. The quantitative estimate of drug-likeness (QED) is 0.701. The Balaban J connectivity index is 2.95. The van der Waals surface area contributed by atoms with Crippen LogP contribution in [0.3, 0.4) is 0 Å². The van der Waals surface area contributed by atoms with Crippen LogP contribution in [0.4, 0.5) is 0 Å². The van der Waals surface area contributed by atoms with E-state index in [2.05, 4.69) is 20.9 Å². The van der Waals surface area contributed by atoms with Crippen LogP contribution in [-0.4, -0.2) is 25.5 Å². The van der Waals surface area contributed by atoms with Crippen molar-refractivity contribution in [3.05, 3.63) is 10.0 Å². The zero-order valence-electron chi connectivity index (χ0n) is 5.74. The first-order valence-corrected chi connectivity index (χ1v) is 6.48. The molecule has 1 aliphatic rings. The van der Waals surface area contributed by atoms with Crippen LogP contribution in [0.15, 0.2) is 15.0 Å². The third kappa shape index (κ3) is 2.07. The molecule has 0 aliphatic carbocycles. The highest BCUT2D eigenvalue weighted by Gasteiger charge is 2.22. The van der Waals surface area contributed by atoms with Crippen LogP contribution in [-0.2, 0) is 9.84 Å². The molecule has 0 aromatic carbocycles. The van der Waals surface area contributed by atoms with Gasteiger partial charge in [0.05, 0.1) is 5.41 Å². The molecule has 0 aromatic rings. The Morgan fingerprint density at radius 1 is 1.73 bits per heavy atom. The van der Waals surface area contributed by atoms with Crippen LogP contribution >= 0.6 is 27.7 Å². The molecule has 1 rings (SSSR count). The summed E-state index contributed by atoms with van der Waals surface area (Å²) in [6.45, 7) is 0. The fourth-order valence-corrected chi connectivity index (χ4v) is 3.71. The number of aliphatic imine (C=N–C) groups is 1. The number of hydrogen-bond acceptors (Lipinski definition) is 4. The summed E-state index contributed by atoms with van der Waals surface area (Å²) in [6, 6.07) is 0. The molecule has 0 atom stereocenters. The van der Waals surface area contributed by atoms with Gasteiger partial charge in [0, 0.05) is 5.75 Å². The van der Waals surface area contributed by atoms with Crippen molar-refractivity contribution in [2.75, 3.05) is 12.0 Å². The summed E-state index contributed by atoms with van der Waals surface area (Å²) in [7, 11) is -3.18. The van der Waals surface area contributed by atoms with E-state index in [9.17, 15) is 8.42 Å². The maximum absolute atomic E-state index is 11.1. The van der Waals surface area contributed by atoms with Gasteiger partial charge in [-0.2, -0.15) is 11.8 Å². The lowest BCUT2D eigenvalue weighted by Crippen LogP contribution is -2.10. The molecule has 0 aromatic heterocycles. The van der Waals surface area contributed by atoms with Crippen LogP contribution in [0.25, 0.3) is 0 Å². The van der Waals surface area contributed by atoms with Gasteiger partial charge in [-0.15, -0.1) is 0 Å². The molecule has 3 nitrogen and oxygen atoms in total. The van der Waals surface area contributed by atoms with Crippen LogP contribution in [0.5, 0.6) is 0 Å². The van der Waals surface area contributed by atoms with Gasteiger partial charge >= 0.3 is 0 Å². The SMILES string of the molecule is CSCC1=NC(Br)=CS1(=O)=O. The third-order valence-corrected chi connectivity index (χ3v) is 3.96. The van der Waals surface area contributed by atoms with Crippen molar-refractivity contribution in [3.8, 4) is 0 Å². The van der Waals surface area contributed by atoms with Gasteiger partial charge in [-0.25, -0.2) is 13.4 Å². The molecular formula is C5H6BrNO2S2. The largest absolute Gasteiger partial charge is 0.232 e. The van der Waals surface area contributed by atoms with Gasteiger partial charge < -0.3 is 0 Å². The van der Waals surface area contributed by atoms with Crippen LogP contribution < -0.4 is 0 Å². The van der Waals surface area contributed by atoms with E-state index in [1.807, 2.05) is 6.26 Å². The maximum Gasteiger partial charge on any atom is 0.216 e. The summed E-state index contributed by atoms with van der Waals surface area (Å²) in [4.78, 5) is 3.82. The van der Waals surface area contributed by atoms with Crippen molar-refractivity contribution in [2.24, 2.45) is 4.99 Å². The van der Waals surface area contributed by atoms with Crippen molar-refractivity contribution in [3.63, 3.8) is 0 Å². The average molecular weight is 256 g/mol. The lowest BCUT2D eigenvalue weighted by atomic mass is 10.8. The number of nitrogens with zero attached hydrogens (tertiary/aromatic N) is 1. The Labute approximate surface area is 78.0 Å². The molecule has 0 fully saturated rings. The maximum atomic E-state index is 11.1. The summed E-state index contributed by atoms with van der Waals surface area (Å²) in [5, 5.41) is 1.36. The lowest BCUT2D eigenvalue weighted by Gasteiger charge is -1.93. The standard InChI is InChI=1S/C5H6BrNO2S2/c1-10-2-5-7-4(6)3-11(5,8)9/h3H,2H2,1H3. The zero-order chi connectivity index (χ0) is 8.48. The molecular weight excluding hydrogens is 250 g/mol.